The van der Waals surface area contributed by atoms with E-state index in [1.807, 2.05) is 0 Å². The van der Waals surface area contributed by atoms with Crippen molar-refractivity contribution >= 4 is 0 Å². The third-order valence-corrected chi connectivity index (χ3v) is 4.53. The lowest BCUT2D eigenvalue weighted by atomic mass is 10.0. The van der Waals surface area contributed by atoms with Crippen molar-refractivity contribution in [2.75, 3.05) is 6.54 Å². The summed E-state index contributed by atoms with van der Waals surface area (Å²) >= 11 is 0. The maximum atomic E-state index is 3.71. The second-order valence-corrected chi connectivity index (χ2v) is 6.51. The van der Waals surface area contributed by atoms with Crippen LogP contribution >= 0.6 is 0 Å². The molecule has 0 bridgehead atoms. The number of benzene rings is 1. The smallest absolute Gasteiger partial charge is 0.0317 e. The maximum absolute atomic E-state index is 3.71. The van der Waals surface area contributed by atoms with Crippen molar-refractivity contribution in [1.82, 2.24) is 5.32 Å². The minimum Gasteiger partial charge on any atom is -0.310 e. The van der Waals surface area contributed by atoms with E-state index in [1.54, 1.807) is 0 Å². The van der Waals surface area contributed by atoms with Gasteiger partial charge in [0.25, 0.3) is 0 Å². The Bertz CT molecular complexity index is 333. The van der Waals surface area contributed by atoms with Crippen molar-refractivity contribution in [2.24, 2.45) is 0 Å². The fourth-order valence-electron chi connectivity index (χ4n) is 3.07. The van der Waals surface area contributed by atoms with Crippen LogP contribution in [0.15, 0.2) is 30.3 Å². The zero-order chi connectivity index (χ0) is 15.9. The first-order valence-electron chi connectivity index (χ1n) is 9.66. The fourth-order valence-corrected chi connectivity index (χ4v) is 3.07. The van der Waals surface area contributed by atoms with Gasteiger partial charge in [0.15, 0.2) is 0 Å². The van der Waals surface area contributed by atoms with Gasteiger partial charge in [-0.25, -0.2) is 0 Å². The molecule has 0 radical (unpaired) electrons. The van der Waals surface area contributed by atoms with Crippen LogP contribution in [0.1, 0.15) is 96.1 Å². The Balaban J connectivity index is 1.94. The van der Waals surface area contributed by atoms with Crippen LogP contribution < -0.4 is 5.32 Å². The average molecular weight is 304 g/mol. The zero-order valence-corrected chi connectivity index (χ0v) is 14.9. The number of nitrogens with one attached hydrogen (secondary N) is 1. The highest BCUT2D eigenvalue weighted by Crippen LogP contribution is 2.16. The van der Waals surface area contributed by atoms with Crippen LogP contribution in [0, 0.1) is 0 Å². The largest absolute Gasteiger partial charge is 0.310 e. The van der Waals surface area contributed by atoms with E-state index in [2.05, 4.69) is 49.5 Å². The van der Waals surface area contributed by atoms with Gasteiger partial charge in [0.1, 0.15) is 0 Å². The van der Waals surface area contributed by atoms with Crippen LogP contribution in [0.5, 0.6) is 0 Å². The highest BCUT2D eigenvalue weighted by molar-refractivity contribution is 5.18. The minimum absolute atomic E-state index is 0.528. The highest BCUT2D eigenvalue weighted by atomic mass is 14.9. The van der Waals surface area contributed by atoms with Crippen LogP contribution in [-0.4, -0.2) is 6.54 Å². The van der Waals surface area contributed by atoms with Gasteiger partial charge in [-0.2, -0.15) is 0 Å². The summed E-state index contributed by atoms with van der Waals surface area (Å²) in [7, 11) is 0. The summed E-state index contributed by atoms with van der Waals surface area (Å²) in [5, 5.41) is 3.71. The van der Waals surface area contributed by atoms with Crippen molar-refractivity contribution in [2.45, 2.75) is 90.5 Å². The zero-order valence-electron chi connectivity index (χ0n) is 14.9. The first-order chi connectivity index (χ1) is 10.9. The quantitative estimate of drug-likeness (QED) is 0.379. The molecular weight excluding hydrogens is 266 g/mol. The molecule has 22 heavy (non-hydrogen) atoms. The Morgan fingerprint density at radius 2 is 1.27 bits per heavy atom. The molecule has 0 aromatic heterocycles. The van der Waals surface area contributed by atoms with E-state index >= 15 is 0 Å². The van der Waals surface area contributed by atoms with Gasteiger partial charge in [-0.15, -0.1) is 0 Å². The van der Waals surface area contributed by atoms with Crippen LogP contribution in [-0.2, 0) is 0 Å². The molecule has 1 atom stereocenters. The van der Waals surface area contributed by atoms with Gasteiger partial charge in [-0.05, 0) is 24.9 Å². The molecule has 0 saturated heterocycles. The number of rotatable bonds is 14. The summed E-state index contributed by atoms with van der Waals surface area (Å²) in [5.41, 5.74) is 1.43. The number of unbranched alkanes of at least 4 members (excludes halogenated alkanes) is 9. The summed E-state index contributed by atoms with van der Waals surface area (Å²) in [6.45, 7) is 5.71. The molecule has 1 aromatic rings. The van der Waals surface area contributed by atoms with Gasteiger partial charge in [-0.3, -0.25) is 0 Å². The third-order valence-electron chi connectivity index (χ3n) is 4.53. The molecule has 1 heteroatoms. The number of hydrogen-bond donors (Lipinski definition) is 1. The summed E-state index contributed by atoms with van der Waals surface area (Å²) in [6, 6.07) is 11.4. The topological polar surface area (TPSA) is 12.0 Å². The van der Waals surface area contributed by atoms with Crippen molar-refractivity contribution in [3.63, 3.8) is 0 Å². The van der Waals surface area contributed by atoms with Crippen molar-refractivity contribution in [3.05, 3.63) is 35.9 Å². The van der Waals surface area contributed by atoms with Gasteiger partial charge in [0.2, 0.25) is 0 Å². The Hall–Kier alpha value is -0.820. The normalized spacial score (nSPS) is 12.5. The predicted octanol–water partition coefficient (Wildman–Crippen LogP) is 6.65. The molecule has 0 aliphatic rings. The molecule has 0 heterocycles. The number of hydrogen-bond acceptors (Lipinski definition) is 1. The molecule has 0 spiro atoms. The lowest BCUT2D eigenvalue weighted by molar-refractivity contribution is 0.490. The van der Waals surface area contributed by atoms with E-state index in [0.29, 0.717) is 6.04 Å². The predicted molar refractivity (Wildman–Crippen MR) is 99.3 cm³/mol. The third kappa shape index (κ3) is 9.25. The molecule has 0 aliphatic heterocycles. The van der Waals surface area contributed by atoms with Crippen molar-refractivity contribution in [3.8, 4) is 0 Å². The van der Waals surface area contributed by atoms with Gasteiger partial charge < -0.3 is 5.32 Å². The molecule has 0 fully saturated rings. The summed E-state index contributed by atoms with van der Waals surface area (Å²) in [6.07, 6.45) is 15.3. The Morgan fingerprint density at radius 3 is 1.82 bits per heavy atom. The van der Waals surface area contributed by atoms with E-state index in [1.165, 1.54) is 76.2 Å². The van der Waals surface area contributed by atoms with Crippen LogP contribution in [0.3, 0.4) is 0 Å². The molecule has 1 nitrogen and oxygen atoms in total. The summed E-state index contributed by atoms with van der Waals surface area (Å²) < 4.78 is 0. The van der Waals surface area contributed by atoms with Gasteiger partial charge in [0.05, 0.1) is 0 Å². The minimum atomic E-state index is 0.528. The van der Waals surface area contributed by atoms with Crippen molar-refractivity contribution < 1.29 is 0 Å². The fraction of sp³-hybridized carbons (Fsp3) is 0.714. The van der Waals surface area contributed by atoms with Crippen molar-refractivity contribution in [1.29, 1.82) is 0 Å². The monoisotopic (exact) mass is 303 g/mol. The van der Waals surface area contributed by atoms with E-state index in [9.17, 15) is 0 Å². The highest BCUT2D eigenvalue weighted by Gasteiger charge is 2.06. The molecule has 126 valence electrons. The van der Waals surface area contributed by atoms with Gasteiger partial charge in [0, 0.05) is 6.04 Å². The van der Waals surface area contributed by atoms with E-state index in [0.717, 1.165) is 6.54 Å². The van der Waals surface area contributed by atoms with Crippen LogP contribution in [0.2, 0.25) is 0 Å². The van der Waals surface area contributed by atoms with Gasteiger partial charge in [-0.1, -0.05) is 102 Å². The molecule has 0 aliphatic carbocycles. The molecule has 1 N–H and O–H groups in total. The molecule has 0 saturated carbocycles. The second-order valence-electron chi connectivity index (χ2n) is 6.51. The van der Waals surface area contributed by atoms with Crippen LogP contribution in [0.25, 0.3) is 0 Å². The molecule has 1 unspecified atom stereocenters. The molecule has 1 aromatic carbocycles. The first-order valence-corrected chi connectivity index (χ1v) is 9.66. The first kappa shape index (κ1) is 19.2. The van der Waals surface area contributed by atoms with E-state index in [-0.39, 0.29) is 0 Å². The summed E-state index contributed by atoms with van der Waals surface area (Å²) in [5.74, 6) is 0. The molecule has 0 amide bonds. The Labute approximate surface area is 138 Å². The standard InChI is InChI=1S/C21H37N/c1-3-5-6-7-8-9-10-11-12-16-19-22-21(4-2)20-17-14-13-15-18-20/h13-15,17-18,21-22H,3-12,16,19H2,1-2H3. The lowest BCUT2D eigenvalue weighted by Gasteiger charge is -2.17. The van der Waals surface area contributed by atoms with E-state index < -0.39 is 0 Å². The lowest BCUT2D eigenvalue weighted by Crippen LogP contribution is -2.21. The maximum Gasteiger partial charge on any atom is 0.0317 e. The van der Waals surface area contributed by atoms with Crippen LogP contribution in [0.4, 0.5) is 0 Å². The van der Waals surface area contributed by atoms with Gasteiger partial charge >= 0.3 is 0 Å². The van der Waals surface area contributed by atoms with E-state index in [4.69, 9.17) is 0 Å². The summed E-state index contributed by atoms with van der Waals surface area (Å²) in [4.78, 5) is 0. The Morgan fingerprint density at radius 1 is 0.727 bits per heavy atom. The molecular formula is C21H37N. The average Bonchev–Trinajstić information content (AvgIpc) is 2.57. The SMILES string of the molecule is CCCCCCCCCCCCNC(CC)c1ccccc1. The molecule has 1 rings (SSSR count). The second kappa shape index (κ2) is 13.8. The Kier molecular flexibility index (Phi) is 12.1.